The molecular formula is C28H30F3N5O5S. The molecule has 2 fully saturated rings. The second-order valence-corrected chi connectivity index (χ2v) is 11.6. The third kappa shape index (κ3) is 6.81. The zero-order valence-electron chi connectivity index (χ0n) is 22.9. The van der Waals surface area contributed by atoms with Crippen LogP contribution in [0.1, 0.15) is 46.6 Å². The summed E-state index contributed by atoms with van der Waals surface area (Å²) < 4.78 is 46.6. The summed E-state index contributed by atoms with van der Waals surface area (Å²) in [6, 6.07) is 8.70. The van der Waals surface area contributed by atoms with Crippen LogP contribution < -0.4 is 5.32 Å². The lowest BCUT2D eigenvalue weighted by molar-refractivity contribution is -0.388. The van der Waals surface area contributed by atoms with Gasteiger partial charge in [-0.05, 0) is 62.4 Å². The number of alkyl halides is 3. The Morgan fingerprint density at radius 1 is 1.07 bits per heavy atom. The molecule has 1 saturated heterocycles. The van der Waals surface area contributed by atoms with Crippen LogP contribution >= 0.6 is 11.3 Å². The number of nitrogens with zero attached hydrogens (tertiary/aromatic N) is 4. The molecule has 224 valence electrons. The highest BCUT2D eigenvalue weighted by atomic mass is 32.1. The van der Waals surface area contributed by atoms with Gasteiger partial charge in [-0.3, -0.25) is 19.7 Å². The highest BCUT2D eigenvalue weighted by Crippen LogP contribution is 2.38. The van der Waals surface area contributed by atoms with Gasteiger partial charge in [0.1, 0.15) is 12.2 Å². The van der Waals surface area contributed by atoms with Crippen molar-refractivity contribution in [3.05, 3.63) is 62.6 Å². The summed E-state index contributed by atoms with van der Waals surface area (Å²) in [6.07, 6.45) is -2.52. The number of hydrogen-bond donors (Lipinski definition) is 1. The largest absolute Gasteiger partial charge is 0.423 e. The Balaban J connectivity index is 1.05. The van der Waals surface area contributed by atoms with E-state index >= 15 is 0 Å². The average molecular weight is 606 g/mol. The summed E-state index contributed by atoms with van der Waals surface area (Å²) in [5.41, 5.74) is -0.211. The Hall–Kier alpha value is -3.78. The second-order valence-electron chi connectivity index (χ2n) is 10.6. The van der Waals surface area contributed by atoms with Crippen molar-refractivity contribution in [1.82, 2.24) is 14.8 Å². The van der Waals surface area contributed by atoms with Gasteiger partial charge in [-0.2, -0.15) is 13.2 Å². The van der Waals surface area contributed by atoms with E-state index in [0.717, 1.165) is 27.9 Å². The van der Waals surface area contributed by atoms with E-state index in [1.54, 1.807) is 9.80 Å². The normalized spacial score (nSPS) is 19.6. The molecule has 2 amide bonds. The van der Waals surface area contributed by atoms with Gasteiger partial charge in [-0.15, -0.1) is 11.3 Å². The molecule has 2 heterocycles. The standard InChI is InChI=1S/C28H30F3N5O5S/c1-17-2-9-24-22(14-17)33-26(42-24)27(38)35-12-10-34(11-13-35)25(37)16-41-20-6-3-18(4-7-20)32-19-5-8-23(36(39)40)21(15-19)28(29,30)31/h2,5,8-9,14-15,18,20,32H,3-4,6-7,10-13,16H2,1H3/t18-,20-. The molecule has 5 rings (SSSR count). The Labute approximate surface area is 243 Å². The number of carbonyl (C=O) groups excluding carboxylic acids is 2. The Morgan fingerprint density at radius 2 is 1.76 bits per heavy atom. The molecule has 0 radical (unpaired) electrons. The molecule has 0 atom stereocenters. The van der Waals surface area contributed by atoms with E-state index in [4.69, 9.17) is 4.74 Å². The fourth-order valence-electron chi connectivity index (χ4n) is 5.33. The molecular weight excluding hydrogens is 575 g/mol. The van der Waals surface area contributed by atoms with Crippen LogP contribution in [0.15, 0.2) is 36.4 Å². The third-order valence-electron chi connectivity index (χ3n) is 7.63. The van der Waals surface area contributed by atoms with Crippen LogP contribution in [0.3, 0.4) is 0 Å². The molecule has 10 nitrogen and oxygen atoms in total. The van der Waals surface area contributed by atoms with Crippen molar-refractivity contribution in [2.24, 2.45) is 0 Å². The minimum atomic E-state index is -4.84. The number of amides is 2. The van der Waals surface area contributed by atoms with E-state index in [9.17, 15) is 32.9 Å². The smallest absolute Gasteiger partial charge is 0.382 e. The van der Waals surface area contributed by atoms with Crippen molar-refractivity contribution >= 4 is 44.7 Å². The zero-order valence-corrected chi connectivity index (χ0v) is 23.7. The number of anilines is 1. The summed E-state index contributed by atoms with van der Waals surface area (Å²) >= 11 is 1.37. The molecule has 1 N–H and O–H groups in total. The molecule has 0 bridgehead atoms. The molecule has 1 aliphatic heterocycles. The van der Waals surface area contributed by atoms with E-state index < -0.39 is 22.4 Å². The number of halogens is 3. The number of rotatable bonds is 7. The number of benzene rings is 2. The van der Waals surface area contributed by atoms with E-state index in [2.05, 4.69) is 10.3 Å². The zero-order chi connectivity index (χ0) is 30.0. The summed E-state index contributed by atoms with van der Waals surface area (Å²) in [7, 11) is 0. The fraction of sp³-hybridized carbons (Fsp3) is 0.464. The number of aryl methyl sites for hydroxylation is 1. The summed E-state index contributed by atoms with van der Waals surface area (Å²) in [5, 5.41) is 14.5. The first-order valence-corrected chi connectivity index (χ1v) is 14.5. The predicted molar refractivity (Wildman–Crippen MR) is 151 cm³/mol. The van der Waals surface area contributed by atoms with Crippen LogP contribution in [0.4, 0.5) is 24.5 Å². The average Bonchev–Trinajstić information content (AvgIpc) is 3.39. The topological polar surface area (TPSA) is 118 Å². The van der Waals surface area contributed by atoms with Gasteiger partial charge in [0.2, 0.25) is 5.91 Å². The van der Waals surface area contributed by atoms with Crippen molar-refractivity contribution in [2.75, 3.05) is 38.1 Å². The lowest BCUT2D eigenvalue weighted by Crippen LogP contribution is -2.51. The lowest BCUT2D eigenvalue weighted by Gasteiger charge is -2.35. The molecule has 2 aliphatic rings. The number of nitrogens with one attached hydrogen (secondary N) is 1. The van der Waals surface area contributed by atoms with Crippen molar-refractivity contribution in [1.29, 1.82) is 0 Å². The monoisotopic (exact) mass is 605 g/mol. The Morgan fingerprint density at radius 3 is 2.43 bits per heavy atom. The first kappa shape index (κ1) is 29.7. The first-order valence-electron chi connectivity index (χ1n) is 13.7. The summed E-state index contributed by atoms with van der Waals surface area (Å²) in [4.78, 5) is 43.6. The van der Waals surface area contributed by atoms with Gasteiger partial charge >= 0.3 is 6.18 Å². The number of piperazine rings is 1. The van der Waals surface area contributed by atoms with Crippen LogP contribution in [0.5, 0.6) is 0 Å². The minimum Gasteiger partial charge on any atom is -0.382 e. The maximum absolute atomic E-state index is 13.3. The molecule has 1 saturated carbocycles. The number of aromatic nitrogens is 1. The highest BCUT2D eigenvalue weighted by Gasteiger charge is 2.38. The number of nitro groups is 1. The number of carbonyl (C=O) groups is 2. The van der Waals surface area contributed by atoms with Gasteiger partial charge in [-0.1, -0.05) is 6.07 Å². The molecule has 3 aromatic rings. The predicted octanol–water partition coefficient (Wildman–Crippen LogP) is 5.26. The third-order valence-corrected chi connectivity index (χ3v) is 8.66. The van der Waals surface area contributed by atoms with E-state index in [-0.39, 0.29) is 36.3 Å². The van der Waals surface area contributed by atoms with Gasteiger partial charge in [-0.25, -0.2) is 4.98 Å². The van der Waals surface area contributed by atoms with Crippen LogP contribution in [0.25, 0.3) is 10.2 Å². The van der Waals surface area contributed by atoms with Crippen LogP contribution in [0, 0.1) is 17.0 Å². The highest BCUT2D eigenvalue weighted by molar-refractivity contribution is 7.20. The molecule has 42 heavy (non-hydrogen) atoms. The van der Waals surface area contributed by atoms with Crippen molar-refractivity contribution in [3.63, 3.8) is 0 Å². The fourth-order valence-corrected chi connectivity index (χ4v) is 6.24. The van der Waals surface area contributed by atoms with Crippen molar-refractivity contribution < 1.29 is 32.4 Å². The van der Waals surface area contributed by atoms with Crippen LogP contribution in [0.2, 0.25) is 0 Å². The van der Waals surface area contributed by atoms with Gasteiger partial charge in [0.15, 0.2) is 5.01 Å². The number of nitro benzene ring substituents is 1. The summed E-state index contributed by atoms with van der Waals surface area (Å²) in [6.45, 7) is 3.54. The molecule has 1 aliphatic carbocycles. The Bertz CT molecular complexity index is 1480. The van der Waals surface area contributed by atoms with Crippen LogP contribution in [-0.2, 0) is 15.7 Å². The second kappa shape index (κ2) is 12.2. The maximum Gasteiger partial charge on any atom is 0.423 e. The van der Waals surface area contributed by atoms with Crippen molar-refractivity contribution in [2.45, 2.75) is 50.9 Å². The van der Waals surface area contributed by atoms with Crippen molar-refractivity contribution in [3.8, 4) is 0 Å². The first-order chi connectivity index (χ1) is 20.0. The van der Waals surface area contributed by atoms with Gasteiger partial charge in [0, 0.05) is 44.0 Å². The van der Waals surface area contributed by atoms with Gasteiger partial charge in [0.25, 0.3) is 11.6 Å². The quantitative estimate of drug-likeness (QED) is 0.289. The number of fused-ring (bicyclic) bond motifs is 1. The van der Waals surface area contributed by atoms with E-state index in [1.807, 2.05) is 25.1 Å². The molecule has 1 aromatic heterocycles. The van der Waals surface area contributed by atoms with Crippen LogP contribution in [-0.4, -0.2) is 76.5 Å². The van der Waals surface area contributed by atoms with E-state index in [0.29, 0.717) is 56.9 Å². The van der Waals surface area contributed by atoms with Gasteiger partial charge in [0.05, 0.1) is 21.2 Å². The number of thiazole rings is 1. The van der Waals surface area contributed by atoms with Gasteiger partial charge < -0.3 is 19.9 Å². The maximum atomic E-state index is 13.3. The molecule has 2 aromatic carbocycles. The Kier molecular flexibility index (Phi) is 8.64. The molecule has 0 spiro atoms. The minimum absolute atomic E-state index is 0.0782. The summed E-state index contributed by atoms with van der Waals surface area (Å²) in [5.74, 6) is -0.283. The SMILES string of the molecule is Cc1ccc2sc(C(=O)N3CCN(C(=O)CO[C@H]4CC[C@H](Nc5ccc([N+](=O)[O-])c(C(F)(F)F)c5)CC4)CC3)nc2c1. The number of hydrogen-bond acceptors (Lipinski definition) is 8. The number of ether oxygens (including phenoxy) is 1. The lowest BCUT2D eigenvalue weighted by atomic mass is 9.92. The van der Waals surface area contributed by atoms with E-state index in [1.165, 1.54) is 17.4 Å². The molecule has 0 unspecified atom stereocenters. The molecule has 14 heteroatoms.